The Balaban J connectivity index is 1.92. The first-order valence-corrected chi connectivity index (χ1v) is 6.91. The third-order valence-corrected chi connectivity index (χ3v) is 4.28. The van der Waals surface area contributed by atoms with Gasteiger partial charge in [-0.15, -0.1) is 0 Å². The number of hydrogen-bond donors (Lipinski definition) is 1. The lowest BCUT2D eigenvalue weighted by Crippen LogP contribution is -2.39. The smallest absolute Gasteiger partial charge is 0.140 e. The van der Waals surface area contributed by atoms with Gasteiger partial charge in [0.1, 0.15) is 5.78 Å². The molecule has 0 amide bonds. The average Bonchev–Trinajstić information content (AvgIpc) is 2.28. The topological polar surface area (TPSA) is 29.1 Å². The van der Waals surface area contributed by atoms with Crippen LogP contribution in [0.15, 0.2) is 0 Å². The van der Waals surface area contributed by atoms with Crippen LogP contribution < -0.4 is 5.32 Å². The molecule has 3 atom stereocenters. The molecule has 3 unspecified atom stereocenters. The second-order valence-electron chi connectivity index (χ2n) is 6.06. The summed E-state index contributed by atoms with van der Waals surface area (Å²) in [6.45, 7) is 6.63. The molecule has 1 aliphatic carbocycles. The van der Waals surface area contributed by atoms with E-state index in [4.69, 9.17) is 0 Å². The van der Waals surface area contributed by atoms with Crippen LogP contribution in [0.3, 0.4) is 0 Å². The molecule has 2 rings (SSSR count). The summed E-state index contributed by atoms with van der Waals surface area (Å²) in [5.74, 6) is 2.73. The van der Waals surface area contributed by atoms with E-state index >= 15 is 0 Å². The SMILES string of the molecule is CC1CC(C)CC(C(=O)C2CCCNC2)C1. The van der Waals surface area contributed by atoms with Gasteiger partial charge in [0.2, 0.25) is 0 Å². The summed E-state index contributed by atoms with van der Waals surface area (Å²) < 4.78 is 0. The molecule has 2 nitrogen and oxygen atoms in total. The standard InChI is InChI=1S/C14H25NO/c1-10-6-11(2)8-13(7-10)14(16)12-4-3-5-15-9-12/h10-13,15H,3-9H2,1-2H3. The Kier molecular flexibility index (Phi) is 4.01. The number of carbonyl (C=O) groups is 1. The molecule has 2 fully saturated rings. The van der Waals surface area contributed by atoms with Crippen LogP contribution in [0.5, 0.6) is 0 Å². The third kappa shape index (κ3) is 2.85. The summed E-state index contributed by atoms with van der Waals surface area (Å²) in [7, 11) is 0. The largest absolute Gasteiger partial charge is 0.316 e. The maximum absolute atomic E-state index is 12.4. The van der Waals surface area contributed by atoms with Crippen molar-refractivity contribution in [2.45, 2.75) is 46.0 Å². The van der Waals surface area contributed by atoms with Gasteiger partial charge in [0, 0.05) is 18.4 Å². The van der Waals surface area contributed by atoms with E-state index in [2.05, 4.69) is 19.2 Å². The predicted octanol–water partition coefficient (Wildman–Crippen LogP) is 2.63. The van der Waals surface area contributed by atoms with Gasteiger partial charge in [0.05, 0.1) is 0 Å². The third-order valence-electron chi connectivity index (χ3n) is 4.28. The lowest BCUT2D eigenvalue weighted by molar-refractivity contribution is -0.129. The molecule has 1 saturated carbocycles. The zero-order valence-electron chi connectivity index (χ0n) is 10.7. The molecule has 0 radical (unpaired) electrons. The molecular formula is C14H25NO. The minimum Gasteiger partial charge on any atom is -0.316 e. The van der Waals surface area contributed by atoms with Crippen LogP contribution in [0.4, 0.5) is 0 Å². The maximum Gasteiger partial charge on any atom is 0.140 e. The molecule has 0 spiro atoms. The van der Waals surface area contributed by atoms with Gasteiger partial charge in [-0.05, 0) is 50.5 Å². The first-order chi connectivity index (χ1) is 7.66. The summed E-state index contributed by atoms with van der Waals surface area (Å²) in [5.41, 5.74) is 0. The van der Waals surface area contributed by atoms with Crippen molar-refractivity contribution < 1.29 is 4.79 Å². The van der Waals surface area contributed by atoms with Crippen molar-refractivity contribution in [2.24, 2.45) is 23.7 Å². The second kappa shape index (κ2) is 5.31. The first kappa shape index (κ1) is 12.1. The Morgan fingerprint density at radius 1 is 1.06 bits per heavy atom. The molecule has 1 N–H and O–H groups in total. The summed E-state index contributed by atoms with van der Waals surface area (Å²) in [4.78, 5) is 12.4. The lowest BCUT2D eigenvalue weighted by Gasteiger charge is -2.33. The highest BCUT2D eigenvalue weighted by Gasteiger charge is 2.33. The number of hydrogen-bond acceptors (Lipinski definition) is 2. The molecular weight excluding hydrogens is 198 g/mol. The molecule has 0 aromatic heterocycles. The molecule has 2 aliphatic rings. The molecule has 1 saturated heterocycles. The maximum atomic E-state index is 12.4. The summed E-state index contributed by atoms with van der Waals surface area (Å²) in [6.07, 6.45) is 5.88. The Morgan fingerprint density at radius 3 is 2.31 bits per heavy atom. The van der Waals surface area contributed by atoms with E-state index in [1.165, 1.54) is 12.8 Å². The van der Waals surface area contributed by atoms with Gasteiger partial charge in [-0.1, -0.05) is 13.8 Å². The van der Waals surface area contributed by atoms with Crippen molar-refractivity contribution in [3.63, 3.8) is 0 Å². The van der Waals surface area contributed by atoms with Gasteiger partial charge in [0.15, 0.2) is 0 Å². The Morgan fingerprint density at radius 2 is 1.75 bits per heavy atom. The second-order valence-corrected chi connectivity index (χ2v) is 6.06. The normalized spacial score (nSPS) is 40.6. The Labute approximate surface area is 99.2 Å². The van der Waals surface area contributed by atoms with E-state index in [1.54, 1.807) is 0 Å². The highest BCUT2D eigenvalue weighted by molar-refractivity contribution is 5.83. The number of ketones is 1. The summed E-state index contributed by atoms with van der Waals surface area (Å²) in [5, 5.41) is 3.36. The lowest BCUT2D eigenvalue weighted by atomic mass is 9.72. The molecule has 0 bridgehead atoms. The molecule has 1 aliphatic heterocycles. The zero-order chi connectivity index (χ0) is 11.5. The van der Waals surface area contributed by atoms with Crippen LogP contribution in [0, 0.1) is 23.7 Å². The van der Waals surface area contributed by atoms with Crippen LogP contribution in [-0.4, -0.2) is 18.9 Å². The fourth-order valence-electron chi connectivity index (χ4n) is 3.61. The van der Waals surface area contributed by atoms with Crippen molar-refractivity contribution in [3.8, 4) is 0 Å². The number of piperidine rings is 1. The van der Waals surface area contributed by atoms with E-state index in [1.807, 2.05) is 0 Å². The van der Waals surface area contributed by atoms with Crippen molar-refractivity contribution in [1.29, 1.82) is 0 Å². The fraction of sp³-hybridized carbons (Fsp3) is 0.929. The van der Waals surface area contributed by atoms with E-state index < -0.39 is 0 Å². The summed E-state index contributed by atoms with van der Waals surface area (Å²) >= 11 is 0. The van der Waals surface area contributed by atoms with Crippen molar-refractivity contribution >= 4 is 5.78 Å². The molecule has 1 heterocycles. The van der Waals surface area contributed by atoms with Crippen LogP contribution in [0.1, 0.15) is 46.0 Å². The zero-order valence-corrected chi connectivity index (χ0v) is 10.7. The highest BCUT2D eigenvalue weighted by atomic mass is 16.1. The van der Waals surface area contributed by atoms with Crippen LogP contribution >= 0.6 is 0 Å². The van der Waals surface area contributed by atoms with Gasteiger partial charge in [-0.25, -0.2) is 0 Å². The minimum absolute atomic E-state index is 0.316. The van der Waals surface area contributed by atoms with Gasteiger partial charge in [-0.2, -0.15) is 0 Å². The number of nitrogens with one attached hydrogen (secondary N) is 1. The number of rotatable bonds is 2. The van der Waals surface area contributed by atoms with Gasteiger partial charge in [-0.3, -0.25) is 4.79 Å². The fourth-order valence-corrected chi connectivity index (χ4v) is 3.61. The minimum atomic E-state index is 0.316. The number of carbonyl (C=O) groups excluding carboxylic acids is 1. The van der Waals surface area contributed by atoms with Crippen molar-refractivity contribution in [1.82, 2.24) is 5.32 Å². The van der Waals surface area contributed by atoms with Gasteiger partial charge >= 0.3 is 0 Å². The van der Waals surface area contributed by atoms with Crippen LogP contribution in [-0.2, 0) is 4.79 Å². The molecule has 0 aromatic rings. The van der Waals surface area contributed by atoms with Gasteiger partial charge < -0.3 is 5.32 Å². The Bertz CT molecular complexity index is 235. The van der Waals surface area contributed by atoms with E-state index in [-0.39, 0.29) is 0 Å². The van der Waals surface area contributed by atoms with Crippen LogP contribution in [0.2, 0.25) is 0 Å². The van der Waals surface area contributed by atoms with E-state index in [0.29, 0.717) is 17.6 Å². The van der Waals surface area contributed by atoms with Crippen LogP contribution in [0.25, 0.3) is 0 Å². The molecule has 0 aromatic carbocycles. The predicted molar refractivity (Wildman–Crippen MR) is 66.3 cm³/mol. The molecule has 92 valence electrons. The van der Waals surface area contributed by atoms with E-state index in [0.717, 1.165) is 44.2 Å². The monoisotopic (exact) mass is 223 g/mol. The van der Waals surface area contributed by atoms with Gasteiger partial charge in [0.25, 0.3) is 0 Å². The highest BCUT2D eigenvalue weighted by Crippen LogP contribution is 2.35. The quantitative estimate of drug-likeness (QED) is 0.779. The van der Waals surface area contributed by atoms with Crippen molar-refractivity contribution in [2.75, 3.05) is 13.1 Å². The molecule has 2 heteroatoms. The van der Waals surface area contributed by atoms with E-state index in [9.17, 15) is 4.79 Å². The number of Topliss-reactive ketones (excluding diaryl/α,β-unsaturated/α-hetero) is 1. The summed E-state index contributed by atoms with van der Waals surface area (Å²) in [6, 6.07) is 0. The molecule has 16 heavy (non-hydrogen) atoms. The first-order valence-electron chi connectivity index (χ1n) is 6.91. The Hall–Kier alpha value is -0.370. The average molecular weight is 223 g/mol. The van der Waals surface area contributed by atoms with Crippen molar-refractivity contribution in [3.05, 3.63) is 0 Å².